The van der Waals surface area contributed by atoms with Crippen LogP contribution in [-0.2, 0) is 6.42 Å². The van der Waals surface area contributed by atoms with Gasteiger partial charge < -0.3 is 10.3 Å². The monoisotopic (exact) mass is 373 g/mol. The van der Waals surface area contributed by atoms with Crippen molar-refractivity contribution >= 4 is 16.9 Å². The Morgan fingerprint density at radius 2 is 1.96 bits per heavy atom. The van der Waals surface area contributed by atoms with Gasteiger partial charge in [0.05, 0.1) is 29.1 Å². The van der Waals surface area contributed by atoms with E-state index in [9.17, 15) is 0 Å². The van der Waals surface area contributed by atoms with Crippen LogP contribution in [0.3, 0.4) is 0 Å². The van der Waals surface area contributed by atoms with Gasteiger partial charge in [0.25, 0.3) is 0 Å². The fourth-order valence-corrected chi connectivity index (χ4v) is 4.20. The minimum absolute atomic E-state index is 0.397. The van der Waals surface area contributed by atoms with Gasteiger partial charge in [-0.2, -0.15) is 5.10 Å². The summed E-state index contributed by atoms with van der Waals surface area (Å²) in [4.78, 5) is 13.8. The van der Waals surface area contributed by atoms with Gasteiger partial charge >= 0.3 is 0 Å². The Labute approximate surface area is 163 Å². The largest absolute Gasteiger partial charge is 0.383 e. The van der Waals surface area contributed by atoms with Crippen molar-refractivity contribution < 1.29 is 0 Å². The zero-order valence-electron chi connectivity index (χ0n) is 15.9. The minimum Gasteiger partial charge on any atom is -0.383 e. The molecule has 0 spiro atoms. The van der Waals surface area contributed by atoms with Crippen molar-refractivity contribution in [1.82, 2.24) is 29.3 Å². The number of nitrogen functional groups attached to an aromatic ring is 1. The Morgan fingerprint density at radius 3 is 2.71 bits per heavy atom. The summed E-state index contributed by atoms with van der Waals surface area (Å²) in [6, 6.07) is 8.44. The van der Waals surface area contributed by atoms with E-state index in [0.717, 1.165) is 47.2 Å². The molecule has 4 aromatic rings. The van der Waals surface area contributed by atoms with Crippen molar-refractivity contribution in [1.29, 1.82) is 0 Å². The molecule has 28 heavy (non-hydrogen) atoms. The maximum atomic E-state index is 6.43. The summed E-state index contributed by atoms with van der Waals surface area (Å²) >= 11 is 0. The molecule has 0 unspecified atom stereocenters. The summed E-state index contributed by atoms with van der Waals surface area (Å²) in [5.74, 6) is 1.12. The van der Waals surface area contributed by atoms with Gasteiger partial charge in [0, 0.05) is 18.0 Å². The molecule has 0 aliphatic heterocycles. The molecule has 142 valence electrons. The number of nitrogens with two attached hydrogens (primary N) is 1. The lowest BCUT2D eigenvalue weighted by Gasteiger charge is -2.13. The second-order valence-corrected chi connectivity index (χ2v) is 7.30. The summed E-state index contributed by atoms with van der Waals surface area (Å²) < 4.78 is 4.06. The molecular weight excluding hydrogens is 350 g/mol. The standard InChI is InChI=1S/C21H23N7/c1-2-16-18-19(22)24-20(25-21(18)28(26-16)14-7-3-4-8-14)15-9-5-6-10-17(15)27-12-11-23-13-27/h5-6,9-14H,2-4,7-8H2,1H3,(H2,22,24,25). The number of fused-ring (bicyclic) bond motifs is 1. The molecule has 0 saturated heterocycles. The summed E-state index contributed by atoms with van der Waals surface area (Å²) in [6.45, 7) is 2.10. The average molecular weight is 373 g/mol. The van der Waals surface area contributed by atoms with Crippen LogP contribution in [0.15, 0.2) is 43.0 Å². The average Bonchev–Trinajstić information content (AvgIpc) is 3.47. The van der Waals surface area contributed by atoms with Gasteiger partial charge in [-0.3, -0.25) is 0 Å². The van der Waals surface area contributed by atoms with Gasteiger partial charge in [-0.15, -0.1) is 0 Å². The van der Waals surface area contributed by atoms with Gasteiger partial charge in [0.15, 0.2) is 11.5 Å². The number of benzene rings is 1. The third kappa shape index (κ3) is 2.66. The molecule has 1 aromatic carbocycles. The van der Waals surface area contributed by atoms with E-state index in [0.29, 0.717) is 17.7 Å². The highest BCUT2D eigenvalue weighted by atomic mass is 15.3. The summed E-state index contributed by atoms with van der Waals surface area (Å²) in [5, 5.41) is 5.78. The smallest absolute Gasteiger partial charge is 0.166 e. The zero-order chi connectivity index (χ0) is 19.1. The molecule has 1 fully saturated rings. The highest BCUT2D eigenvalue weighted by molar-refractivity contribution is 5.90. The molecule has 1 saturated carbocycles. The molecule has 1 aliphatic rings. The summed E-state index contributed by atoms with van der Waals surface area (Å²) in [6.07, 6.45) is 11.0. The normalized spacial score (nSPS) is 14.9. The molecule has 3 heterocycles. The van der Waals surface area contributed by atoms with Gasteiger partial charge in [-0.25, -0.2) is 19.6 Å². The van der Waals surface area contributed by atoms with Crippen LogP contribution in [0.1, 0.15) is 44.3 Å². The third-order valence-corrected chi connectivity index (χ3v) is 5.58. The Morgan fingerprint density at radius 1 is 1.14 bits per heavy atom. The van der Waals surface area contributed by atoms with Crippen LogP contribution < -0.4 is 5.73 Å². The van der Waals surface area contributed by atoms with Crippen molar-refractivity contribution in [2.24, 2.45) is 0 Å². The summed E-state index contributed by atoms with van der Waals surface area (Å²) in [7, 11) is 0. The van der Waals surface area contributed by atoms with E-state index < -0.39 is 0 Å². The number of para-hydroxylation sites is 1. The van der Waals surface area contributed by atoms with Crippen LogP contribution in [0.25, 0.3) is 28.1 Å². The lowest BCUT2D eigenvalue weighted by atomic mass is 10.1. The van der Waals surface area contributed by atoms with Gasteiger partial charge in [-0.1, -0.05) is 31.9 Å². The molecule has 2 N–H and O–H groups in total. The van der Waals surface area contributed by atoms with E-state index in [1.807, 2.05) is 35.0 Å². The number of imidazole rings is 1. The topological polar surface area (TPSA) is 87.4 Å². The van der Waals surface area contributed by atoms with Crippen molar-refractivity contribution in [2.45, 2.75) is 45.1 Å². The van der Waals surface area contributed by atoms with E-state index in [-0.39, 0.29) is 0 Å². The van der Waals surface area contributed by atoms with Gasteiger partial charge in [0.1, 0.15) is 5.82 Å². The van der Waals surface area contributed by atoms with E-state index >= 15 is 0 Å². The molecule has 0 amide bonds. The van der Waals surface area contributed by atoms with Crippen molar-refractivity contribution in [3.05, 3.63) is 48.7 Å². The van der Waals surface area contributed by atoms with E-state index in [2.05, 4.69) is 21.6 Å². The molecule has 3 aromatic heterocycles. The zero-order valence-corrected chi connectivity index (χ0v) is 15.9. The second-order valence-electron chi connectivity index (χ2n) is 7.30. The molecule has 0 atom stereocenters. The van der Waals surface area contributed by atoms with E-state index in [1.54, 1.807) is 12.5 Å². The van der Waals surface area contributed by atoms with Crippen LogP contribution in [0.4, 0.5) is 5.82 Å². The molecule has 0 radical (unpaired) electrons. The first-order valence-corrected chi connectivity index (χ1v) is 9.88. The number of hydrogen-bond acceptors (Lipinski definition) is 5. The van der Waals surface area contributed by atoms with Crippen LogP contribution in [0.5, 0.6) is 0 Å². The van der Waals surface area contributed by atoms with Crippen molar-refractivity contribution in [3.8, 4) is 17.1 Å². The predicted molar refractivity (Wildman–Crippen MR) is 109 cm³/mol. The van der Waals surface area contributed by atoms with E-state index in [1.165, 1.54) is 12.8 Å². The predicted octanol–water partition coefficient (Wildman–Crippen LogP) is 3.94. The molecule has 1 aliphatic carbocycles. The van der Waals surface area contributed by atoms with Crippen molar-refractivity contribution in [3.63, 3.8) is 0 Å². The third-order valence-electron chi connectivity index (χ3n) is 5.58. The first kappa shape index (κ1) is 16.9. The quantitative estimate of drug-likeness (QED) is 0.585. The molecular formula is C21H23N7. The Hall–Kier alpha value is -3.22. The summed E-state index contributed by atoms with van der Waals surface area (Å²) in [5.41, 5.74) is 10.2. The van der Waals surface area contributed by atoms with Crippen LogP contribution in [-0.4, -0.2) is 29.3 Å². The first-order chi connectivity index (χ1) is 13.8. The maximum absolute atomic E-state index is 6.43. The highest BCUT2D eigenvalue weighted by Gasteiger charge is 2.24. The molecule has 5 rings (SSSR count). The Bertz CT molecular complexity index is 1120. The Balaban J connectivity index is 1.73. The number of aryl methyl sites for hydroxylation is 1. The SMILES string of the molecule is CCc1nn(C2CCCC2)c2nc(-c3ccccc3-n3ccnc3)nc(N)c12. The first-order valence-electron chi connectivity index (χ1n) is 9.88. The number of rotatable bonds is 4. The lowest BCUT2D eigenvalue weighted by Crippen LogP contribution is -2.09. The van der Waals surface area contributed by atoms with Crippen molar-refractivity contribution in [2.75, 3.05) is 5.73 Å². The number of nitrogens with zero attached hydrogens (tertiary/aromatic N) is 6. The number of aromatic nitrogens is 6. The lowest BCUT2D eigenvalue weighted by molar-refractivity contribution is 0.474. The fraction of sp³-hybridized carbons (Fsp3) is 0.333. The Kier molecular flexibility index (Phi) is 4.07. The minimum atomic E-state index is 0.397. The maximum Gasteiger partial charge on any atom is 0.166 e. The fourth-order valence-electron chi connectivity index (χ4n) is 4.20. The molecule has 7 nitrogen and oxygen atoms in total. The van der Waals surface area contributed by atoms with Gasteiger partial charge in [-0.05, 0) is 31.4 Å². The van der Waals surface area contributed by atoms with Crippen LogP contribution >= 0.6 is 0 Å². The second kappa shape index (κ2) is 6.74. The molecule has 7 heteroatoms. The highest BCUT2D eigenvalue weighted by Crippen LogP contribution is 2.35. The molecule has 0 bridgehead atoms. The van der Waals surface area contributed by atoms with Crippen LogP contribution in [0, 0.1) is 0 Å². The van der Waals surface area contributed by atoms with E-state index in [4.69, 9.17) is 15.8 Å². The number of hydrogen-bond donors (Lipinski definition) is 1. The number of anilines is 1. The van der Waals surface area contributed by atoms with Crippen LogP contribution in [0.2, 0.25) is 0 Å². The van der Waals surface area contributed by atoms with Gasteiger partial charge in [0.2, 0.25) is 0 Å².